The Morgan fingerprint density at radius 2 is 1.44 bits per heavy atom. The van der Waals surface area contributed by atoms with Gasteiger partial charge in [-0.2, -0.15) is 0 Å². The van der Waals surface area contributed by atoms with E-state index in [9.17, 15) is 49.6 Å². The number of ether oxygens (including phenoxy) is 2. The van der Waals surface area contributed by atoms with Crippen molar-refractivity contribution in [2.24, 2.45) is 11.8 Å². The van der Waals surface area contributed by atoms with Gasteiger partial charge in [-0.25, -0.2) is 14.4 Å². The van der Waals surface area contributed by atoms with Gasteiger partial charge in [0.05, 0.1) is 27.9 Å². The summed E-state index contributed by atoms with van der Waals surface area (Å²) in [6.07, 6.45) is -1.58. The van der Waals surface area contributed by atoms with Crippen molar-refractivity contribution in [3.05, 3.63) is 90.5 Å². The summed E-state index contributed by atoms with van der Waals surface area (Å²) < 4.78 is 11.2. The first kappa shape index (κ1) is 39.4. The fourth-order valence-electron chi connectivity index (χ4n) is 7.87. The van der Waals surface area contributed by atoms with Crippen molar-refractivity contribution >= 4 is 47.2 Å². The van der Waals surface area contributed by atoms with Gasteiger partial charge in [0.1, 0.15) is 18.9 Å². The van der Waals surface area contributed by atoms with Crippen LogP contribution in [0.4, 0.5) is 21.0 Å². The van der Waals surface area contributed by atoms with Crippen LogP contribution in [0.5, 0.6) is 0 Å². The lowest BCUT2D eigenvalue weighted by molar-refractivity contribution is -0.385. The van der Waals surface area contributed by atoms with Crippen molar-refractivity contribution in [3.8, 4) is 0 Å². The molecule has 294 valence electrons. The number of carbonyl (C=O) groups excluding carboxylic acids is 3. The molecular weight excluding hydrogens is 740 g/mol. The van der Waals surface area contributed by atoms with Gasteiger partial charge in [0.2, 0.25) is 5.91 Å². The minimum absolute atomic E-state index is 0.0488. The molecule has 7 atom stereocenters. The molecule has 4 heterocycles. The van der Waals surface area contributed by atoms with E-state index < -0.39 is 52.0 Å². The fourth-order valence-corrected chi connectivity index (χ4v) is 9.43. The van der Waals surface area contributed by atoms with E-state index in [1.807, 2.05) is 13.8 Å². The summed E-state index contributed by atoms with van der Waals surface area (Å²) in [6.45, 7) is 7.02. The molecule has 0 bridgehead atoms. The number of nitro benzene ring substituents is 2. The Bertz CT molecular complexity index is 1870. The minimum Gasteiger partial charge on any atom is -0.477 e. The largest absolute Gasteiger partial charge is 0.477 e. The predicted molar refractivity (Wildman–Crippen MR) is 195 cm³/mol. The molecule has 18 nitrogen and oxygen atoms in total. The van der Waals surface area contributed by atoms with E-state index in [-0.39, 0.29) is 60.1 Å². The summed E-state index contributed by atoms with van der Waals surface area (Å²) >= 11 is 1.33. The van der Waals surface area contributed by atoms with Crippen LogP contribution in [0.3, 0.4) is 0 Å². The van der Waals surface area contributed by atoms with E-state index >= 15 is 0 Å². The molecule has 55 heavy (non-hydrogen) atoms. The lowest BCUT2D eigenvalue weighted by Crippen LogP contribution is -2.63. The number of non-ortho nitro benzene ring substituents is 2. The molecule has 2 aromatic carbocycles. The van der Waals surface area contributed by atoms with Gasteiger partial charge >= 0.3 is 18.2 Å². The molecule has 2 N–H and O–H groups in total. The highest BCUT2D eigenvalue weighted by atomic mass is 32.2. The van der Waals surface area contributed by atoms with Crippen LogP contribution in [0.15, 0.2) is 59.1 Å². The second-order valence-corrected chi connectivity index (χ2v) is 15.7. The zero-order chi connectivity index (χ0) is 39.7. The zero-order valence-corrected chi connectivity index (χ0v) is 31.2. The maximum atomic E-state index is 13.7. The topological polar surface area (TPSA) is 226 Å². The molecule has 0 saturated carbocycles. The average Bonchev–Trinajstić information content (AvgIpc) is 3.65. The molecule has 0 aliphatic carbocycles. The number of nitrogens with zero attached hydrogens (tertiary/aromatic N) is 6. The number of amides is 3. The number of piperazine rings is 1. The second kappa shape index (κ2) is 16.2. The number of β-lactam (4-membered cyclic amide) rings is 1. The fraction of sp³-hybridized carbons (Fsp3) is 0.500. The second-order valence-electron chi connectivity index (χ2n) is 14.3. The first-order chi connectivity index (χ1) is 26.1. The lowest BCUT2D eigenvalue weighted by atomic mass is 9.79. The van der Waals surface area contributed by atoms with Gasteiger partial charge < -0.3 is 34.4 Å². The zero-order valence-electron chi connectivity index (χ0n) is 30.4. The Kier molecular flexibility index (Phi) is 11.6. The number of rotatable bonds is 12. The Hall–Kier alpha value is -5.27. The van der Waals surface area contributed by atoms with E-state index in [0.29, 0.717) is 48.6 Å². The third kappa shape index (κ3) is 8.23. The van der Waals surface area contributed by atoms with Crippen molar-refractivity contribution in [3.63, 3.8) is 0 Å². The van der Waals surface area contributed by atoms with Crippen LogP contribution >= 0.6 is 11.8 Å². The maximum absolute atomic E-state index is 13.7. The number of fused-ring (bicyclic) bond motifs is 1. The highest BCUT2D eigenvalue weighted by Crippen LogP contribution is 2.52. The molecule has 3 amide bonds. The monoisotopic (exact) mass is 782 g/mol. The summed E-state index contributed by atoms with van der Waals surface area (Å²) in [5.74, 6) is -2.71. The third-order valence-electron chi connectivity index (χ3n) is 10.6. The summed E-state index contributed by atoms with van der Waals surface area (Å²) in [6, 6.07) is 10.3. The first-order valence-electron chi connectivity index (χ1n) is 17.9. The number of hydrogen-bond donors (Lipinski definition) is 2. The summed E-state index contributed by atoms with van der Waals surface area (Å²) in [4.78, 5) is 80.2. The number of nitro groups is 2. The molecule has 0 radical (unpaired) electrons. The molecule has 3 fully saturated rings. The van der Waals surface area contributed by atoms with Crippen molar-refractivity contribution in [1.82, 2.24) is 19.6 Å². The number of benzene rings is 2. The first-order valence-corrected chi connectivity index (χ1v) is 18.7. The maximum Gasteiger partial charge on any atom is 0.410 e. The normalized spacial score (nSPS) is 25.7. The molecule has 3 saturated heterocycles. The van der Waals surface area contributed by atoms with E-state index in [1.54, 1.807) is 9.80 Å². The SMILES string of the molecule is CC1CN(C[C@@H]2C[C@H](SC3=C(C(=O)O)N4C(=O)[C@H]([C@@H](C)O)[C@H]4[C@H]3C)CN2C(=O)OCc2ccc([N+](=O)[O-])cc2)CCN1C(=O)OCc1ccc([N+](=O)[O-])cc1. The number of aliphatic hydroxyl groups is 1. The molecular formula is C36H42N6O12S. The van der Waals surface area contributed by atoms with Crippen LogP contribution in [0.2, 0.25) is 0 Å². The molecule has 1 unspecified atom stereocenters. The van der Waals surface area contributed by atoms with Gasteiger partial charge in [-0.05, 0) is 55.7 Å². The lowest BCUT2D eigenvalue weighted by Gasteiger charge is -2.46. The Morgan fingerprint density at radius 3 is 1.93 bits per heavy atom. The number of hydrogen-bond acceptors (Lipinski definition) is 13. The average molecular weight is 783 g/mol. The Labute approximate surface area is 319 Å². The molecule has 19 heteroatoms. The highest BCUT2D eigenvalue weighted by Gasteiger charge is 2.60. The number of likely N-dealkylation sites (tertiary alicyclic amines) is 1. The quantitative estimate of drug-likeness (QED) is 0.177. The molecule has 4 aliphatic heterocycles. The number of aliphatic hydroxyl groups excluding tert-OH is 1. The summed E-state index contributed by atoms with van der Waals surface area (Å²) in [5.41, 5.74) is 0.918. The van der Waals surface area contributed by atoms with Crippen LogP contribution in [0.25, 0.3) is 0 Å². The van der Waals surface area contributed by atoms with Gasteiger partial charge in [-0.15, -0.1) is 11.8 Å². The van der Waals surface area contributed by atoms with Crippen LogP contribution in [-0.2, 0) is 32.3 Å². The number of aliphatic carboxylic acids is 1. The summed E-state index contributed by atoms with van der Waals surface area (Å²) in [5, 5.41) is 42.2. The van der Waals surface area contributed by atoms with E-state index in [0.717, 1.165) is 0 Å². The van der Waals surface area contributed by atoms with Gasteiger partial charge in [-0.1, -0.05) is 6.92 Å². The van der Waals surface area contributed by atoms with Crippen LogP contribution in [-0.4, -0.2) is 126 Å². The number of carboxylic acid groups (broad SMARTS) is 1. The number of carboxylic acids is 1. The van der Waals surface area contributed by atoms with E-state index in [2.05, 4.69) is 4.90 Å². The highest BCUT2D eigenvalue weighted by molar-refractivity contribution is 8.03. The standard InChI is InChI=1S/C36H42N6O12S/c1-20-15-37(12-13-38(20)35(47)53-18-23-4-8-25(9-5-23)41(49)50)16-27-14-28(17-39(27)36(48)54-19-24-6-10-26(11-7-24)42(51)52)55-32-21(2)30-29(22(3)43)33(44)40(30)31(32)34(45)46/h4-11,20-22,27-30,43H,12-19H2,1-3H3,(H,45,46)/t20?,21-,22-,27+,28+,29-,30-/m1/s1. The van der Waals surface area contributed by atoms with Crippen molar-refractivity contribution in [1.29, 1.82) is 0 Å². The van der Waals surface area contributed by atoms with Gasteiger partial charge in [0.15, 0.2) is 0 Å². The Morgan fingerprint density at radius 1 is 0.891 bits per heavy atom. The minimum atomic E-state index is -1.23. The number of thioether (sulfide) groups is 1. The van der Waals surface area contributed by atoms with Gasteiger partial charge in [0, 0.05) is 85.1 Å². The van der Waals surface area contributed by atoms with E-state index in [4.69, 9.17) is 9.47 Å². The smallest absolute Gasteiger partial charge is 0.410 e. The predicted octanol–water partition coefficient (Wildman–Crippen LogP) is 3.81. The summed E-state index contributed by atoms with van der Waals surface area (Å²) in [7, 11) is 0. The van der Waals surface area contributed by atoms with Crippen molar-refractivity contribution < 1.29 is 48.7 Å². The van der Waals surface area contributed by atoms with Crippen molar-refractivity contribution in [2.45, 2.75) is 69.9 Å². The van der Waals surface area contributed by atoms with Crippen LogP contribution < -0.4 is 0 Å². The van der Waals surface area contributed by atoms with Gasteiger partial charge in [0.25, 0.3) is 11.4 Å². The van der Waals surface area contributed by atoms with Crippen molar-refractivity contribution in [2.75, 3.05) is 32.7 Å². The molecule has 6 rings (SSSR count). The molecule has 0 aromatic heterocycles. The van der Waals surface area contributed by atoms with E-state index in [1.165, 1.54) is 72.1 Å². The van der Waals surface area contributed by atoms with Crippen LogP contribution in [0, 0.1) is 32.1 Å². The van der Waals surface area contributed by atoms with Gasteiger partial charge in [-0.3, -0.25) is 29.9 Å². The van der Waals surface area contributed by atoms with Crippen LogP contribution in [0.1, 0.15) is 38.3 Å². The number of carbonyl (C=O) groups is 4. The molecule has 2 aromatic rings. The molecule has 0 spiro atoms. The molecule has 4 aliphatic rings. The Balaban J connectivity index is 1.12. The third-order valence-corrected chi connectivity index (χ3v) is 12.1.